The molecule has 1 heterocycles. The molecule has 1 aliphatic carbocycles. The molecule has 0 spiro atoms. The van der Waals surface area contributed by atoms with Crippen molar-refractivity contribution in [2.24, 2.45) is 5.92 Å². The summed E-state index contributed by atoms with van der Waals surface area (Å²) in [6.07, 6.45) is 1.60. The second kappa shape index (κ2) is 7.34. The fourth-order valence-electron chi connectivity index (χ4n) is 2.73. The molecule has 10 heteroatoms. The molecule has 27 heavy (non-hydrogen) atoms. The number of aryl methyl sites for hydroxylation is 1. The number of alkyl halides is 3. The monoisotopic (exact) mass is 401 g/mol. The van der Waals surface area contributed by atoms with Crippen LogP contribution in [0.1, 0.15) is 40.8 Å². The van der Waals surface area contributed by atoms with Gasteiger partial charge in [-0.3, -0.25) is 9.59 Å². The van der Waals surface area contributed by atoms with Gasteiger partial charge < -0.3 is 10.3 Å². The Morgan fingerprint density at radius 1 is 1.33 bits per heavy atom. The van der Waals surface area contributed by atoms with Crippen LogP contribution >= 0.6 is 11.8 Å². The summed E-state index contributed by atoms with van der Waals surface area (Å²) in [6.45, 7) is 1.53. The normalized spacial score (nSPS) is 15.4. The average molecular weight is 401 g/mol. The number of carbonyl (C=O) groups is 1. The summed E-state index contributed by atoms with van der Waals surface area (Å²) in [4.78, 5) is 29.8. The molecule has 2 N–H and O–H groups in total. The molecule has 1 aromatic heterocycles. The average Bonchev–Trinajstić information content (AvgIpc) is 3.37. The first-order chi connectivity index (χ1) is 12.6. The third-order valence-electron chi connectivity index (χ3n) is 4.01. The predicted octanol–water partition coefficient (Wildman–Crippen LogP) is 3.71. The van der Waals surface area contributed by atoms with E-state index in [0.717, 1.165) is 31.0 Å². The molecular formula is C17H15F4N3O2S. The first kappa shape index (κ1) is 19.4. The zero-order chi connectivity index (χ0) is 19.8. The van der Waals surface area contributed by atoms with Crippen LogP contribution in [0.3, 0.4) is 0 Å². The molecule has 0 aliphatic heterocycles. The van der Waals surface area contributed by atoms with Gasteiger partial charge in [0.25, 0.3) is 11.5 Å². The van der Waals surface area contributed by atoms with E-state index in [1.807, 2.05) is 0 Å². The molecule has 1 amide bonds. The van der Waals surface area contributed by atoms with Gasteiger partial charge in [-0.05, 0) is 55.1 Å². The molecule has 0 saturated heterocycles. The number of thioether (sulfide) groups is 1. The number of hydrogen-bond acceptors (Lipinski definition) is 4. The Morgan fingerprint density at radius 2 is 2.04 bits per heavy atom. The molecule has 0 bridgehead atoms. The number of amides is 1. The van der Waals surface area contributed by atoms with Crippen LogP contribution < -0.4 is 10.9 Å². The Bertz CT molecular complexity index is 925. The van der Waals surface area contributed by atoms with E-state index < -0.39 is 45.5 Å². The molecule has 1 fully saturated rings. The number of nitrogens with zero attached hydrogens (tertiary/aromatic N) is 1. The van der Waals surface area contributed by atoms with Crippen molar-refractivity contribution in [2.75, 3.05) is 0 Å². The third-order valence-corrected chi connectivity index (χ3v) is 4.80. The Morgan fingerprint density at radius 3 is 2.59 bits per heavy atom. The minimum Gasteiger partial charge on any atom is -0.344 e. The van der Waals surface area contributed by atoms with E-state index in [4.69, 9.17) is 0 Å². The maximum atomic E-state index is 14.1. The minimum atomic E-state index is -4.59. The van der Waals surface area contributed by atoms with Gasteiger partial charge in [-0.2, -0.15) is 13.2 Å². The highest BCUT2D eigenvalue weighted by Gasteiger charge is 2.35. The summed E-state index contributed by atoms with van der Waals surface area (Å²) >= 11 is -0.525. The van der Waals surface area contributed by atoms with E-state index in [-0.39, 0.29) is 17.4 Å². The molecule has 0 radical (unpaired) electrons. The van der Waals surface area contributed by atoms with Gasteiger partial charge >= 0.3 is 5.51 Å². The van der Waals surface area contributed by atoms with Crippen molar-refractivity contribution in [1.29, 1.82) is 0 Å². The van der Waals surface area contributed by atoms with Gasteiger partial charge in [-0.25, -0.2) is 9.37 Å². The van der Waals surface area contributed by atoms with Crippen molar-refractivity contribution in [2.45, 2.75) is 36.2 Å². The Balaban J connectivity index is 1.83. The molecule has 1 aromatic carbocycles. The zero-order valence-corrected chi connectivity index (χ0v) is 14.9. The van der Waals surface area contributed by atoms with Gasteiger partial charge in [0, 0.05) is 6.07 Å². The van der Waals surface area contributed by atoms with E-state index >= 15 is 0 Å². The zero-order valence-electron chi connectivity index (χ0n) is 14.1. The molecule has 2 aromatic rings. The number of aromatic nitrogens is 2. The van der Waals surface area contributed by atoms with Crippen molar-refractivity contribution < 1.29 is 22.4 Å². The predicted molar refractivity (Wildman–Crippen MR) is 90.8 cm³/mol. The van der Waals surface area contributed by atoms with Crippen molar-refractivity contribution in [1.82, 2.24) is 15.3 Å². The summed E-state index contributed by atoms with van der Waals surface area (Å²) in [5.74, 6) is -1.28. The molecule has 1 unspecified atom stereocenters. The molecule has 1 aliphatic rings. The lowest BCUT2D eigenvalue weighted by Gasteiger charge is -2.19. The fourth-order valence-corrected chi connectivity index (χ4v) is 3.27. The molecule has 144 valence electrons. The molecule has 5 nitrogen and oxygen atoms in total. The lowest BCUT2D eigenvalue weighted by Crippen LogP contribution is -2.31. The highest BCUT2D eigenvalue weighted by atomic mass is 32.2. The van der Waals surface area contributed by atoms with Crippen molar-refractivity contribution in [3.05, 3.63) is 57.5 Å². The summed E-state index contributed by atoms with van der Waals surface area (Å²) in [5.41, 5.74) is -4.77. The maximum absolute atomic E-state index is 14.1. The first-order valence-electron chi connectivity index (χ1n) is 8.06. The molecule has 1 atom stereocenters. The number of benzene rings is 1. The van der Waals surface area contributed by atoms with Crippen LogP contribution in [0.4, 0.5) is 17.6 Å². The van der Waals surface area contributed by atoms with Crippen LogP contribution in [-0.2, 0) is 0 Å². The van der Waals surface area contributed by atoms with E-state index in [2.05, 4.69) is 15.3 Å². The smallest absolute Gasteiger partial charge is 0.344 e. The van der Waals surface area contributed by atoms with Crippen LogP contribution in [0, 0.1) is 18.7 Å². The van der Waals surface area contributed by atoms with Gasteiger partial charge in [-0.15, -0.1) is 0 Å². The lowest BCUT2D eigenvalue weighted by atomic mass is 10.0. The van der Waals surface area contributed by atoms with E-state index in [1.165, 1.54) is 13.0 Å². The number of H-pyrrole nitrogens is 1. The largest absolute Gasteiger partial charge is 0.446 e. The lowest BCUT2D eigenvalue weighted by molar-refractivity contribution is -0.0329. The van der Waals surface area contributed by atoms with Gasteiger partial charge in [0.1, 0.15) is 17.3 Å². The van der Waals surface area contributed by atoms with Crippen molar-refractivity contribution in [3.8, 4) is 0 Å². The maximum Gasteiger partial charge on any atom is 0.446 e. The minimum absolute atomic E-state index is 0.0533. The first-order valence-corrected chi connectivity index (χ1v) is 8.88. The highest BCUT2D eigenvalue weighted by molar-refractivity contribution is 8.00. The number of aromatic amines is 1. The Labute approximate surface area is 155 Å². The summed E-state index contributed by atoms with van der Waals surface area (Å²) in [7, 11) is 0. The van der Waals surface area contributed by atoms with Crippen LogP contribution in [0.15, 0.2) is 34.0 Å². The van der Waals surface area contributed by atoms with Crippen molar-refractivity contribution >= 4 is 17.7 Å². The number of nitrogens with one attached hydrogen (secondary N) is 2. The second-order valence-electron chi connectivity index (χ2n) is 6.24. The van der Waals surface area contributed by atoms with Crippen LogP contribution in [0.2, 0.25) is 0 Å². The van der Waals surface area contributed by atoms with Gasteiger partial charge in [0.15, 0.2) is 0 Å². The van der Waals surface area contributed by atoms with E-state index in [1.54, 1.807) is 0 Å². The molecular weight excluding hydrogens is 386 g/mol. The number of carbonyl (C=O) groups excluding carboxylic acids is 1. The van der Waals surface area contributed by atoms with Gasteiger partial charge in [-0.1, -0.05) is 6.07 Å². The summed E-state index contributed by atoms with van der Waals surface area (Å²) in [6, 6.07) is 3.92. The second-order valence-corrected chi connectivity index (χ2v) is 7.35. The molecule has 3 rings (SSSR count). The number of halogens is 4. The highest BCUT2D eigenvalue weighted by Crippen LogP contribution is 2.43. The Hall–Kier alpha value is -2.36. The van der Waals surface area contributed by atoms with Crippen LogP contribution in [0.25, 0.3) is 0 Å². The number of hydrogen-bond donors (Lipinski definition) is 2. The van der Waals surface area contributed by atoms with E-state index in [9.17, 15) is 27.2 Å². The standard InChI is InChI=1S/C17H15F4N3O2S/c1-8-22-12(7-14(25)23-8)16(26)24-15(9-2-3-9)10-4-5-13(11(18)6-10)27-17(19,20)21/h4-7,9,15H,2-3H2,1H3,(H,24,26)(H,22,23,25). The quantitative estimate of drug-likeness (QED) is 0.592. The van der Waals surface area contributed by atoms with E-state index in [0.29, 0.717) is 5.56 Å². The van der Waals surface area contributed by atoms with Gasteiger partial charge in [0.2, 0.25) is 0 Å². The van der Waals surface area contributed by atoms with Crippen LogP contribution in [-0.4, -0.2) is 21.4 Å². The van der Waals surface area contributed by atoms with Crippen molar-refractivity contribution in [3.63, 3.8) is 0 Å². The van der Waals surface area contributed by atoms with Gasteiger partial charge in [0.05, 0.1) is 10.9 Å². The topological polar surface area (TPSA) is 74.8 Å². The fraction of sp³-hybridized carbons (Fsp3) is 0.353. The summed E-state index contributed by atoms with van der Waals surface area (Å²) < 4.78 is 51.4. The van der Waals surface area contributed by atoms with Crippen LogP contribution in [0.5, 0.6) is 0 Å². The molecule has 1 saturated carbocycles. The third kappa shape index (κ3) is 5.09. The SMILES string of the molecule is Cc1nc(C(=O)NC(c2ccc(SC(F)(F)F)c(F)c2)C2CC2)cc(=O)[nH]1. The summed E-state index contributed by atoms with van der Waals surface area (Å²) in [5, 5.41) is 2.71. The Kier molecular flexibility index (Phi) is 5.27. The number of rotatable bonds is 5.